The van der Waals surface area contributed by atoms with E-state index in [1.807, 2.05) is 6.20 Å². The number of pyridine rings is 1. The molecule has 114 valence electrons. The van der Waals surface area contributed by atoms with E-state index in [1.54, 1.807) is 0 Å². The summed E-state index contributed by atoms with van der Waals surface area (Å²) in [6.45, 7) is 3.86. The zero-order valence-corrected chi connectivity index (χ0v) is 12.6. The third kappa shape index (κ3) is 3.28. The highest BCUT2D eigenvalue weighted by atomic mass is 16.5. The van der Waals surface area contributed by atoms with Gasteiger partial charge in [-0.05, 0) is 43.7 Å². The second-order valence-electron chi connectivity index (χ2n) is 6.69. The number of aromatic nitrogens is 1. The van der Waals surface area contributed by atoms with Gasteiger partial charge < -0.3 is 10.1 Å². The molecule has 0 radical (unpaired) electrons. The van der Waals surface area contributed by atoms with Crippen molar-refractivity contribution in [2.75, 3.05) is 13.2 Å². The molecule has 2 unspecified atom stereocenters. The number of fused-ring (bicyclic) bond motifs is 1. The maximum Gasteiger partial charge on any atom is 0.0731 e. The fourth-order valence-corrected chi connectivity index (χ4v) is 3.61. The Morgan fingerprint density at radius 1 is 1.24 bits per heavy atom. The van der Waals surface area contributed by atoms with Gasteiger partial charge in [0.05, 0.1) is 18.4 Å². The number of ether oxygens (including phenoxy) is 1. The Labute approximate surface area is 126 Å². The SMILES string of the molecule is c1cc(CN2CCOC3CCCC32)ncc1CNC1CC1. The Balaban J connectivity index is 1.35. The maximum atomic E-state index is 5.88. The number of hydrogen-bond donors (Lipinski definition) is 1. The second kappa shape index (κ2) is 6.03. The summed E-state index contributed by atoms with van der Waals surface area (Å²) in [5.74, 6) is 0. The number of hydrogen-bond acceptors (Lipinski definition) is 4. The van der Waals surface area contributed by atoms with E-state index in [0.717, 1.165) is 32.3 Å². The molecule has 3 fully saturated rings. The monoisotopic (exact) mass is 287 g/mol. The summed E-state index contributed by atoms with van der Waals surface area (Å²) < 4.78 is 5.88. The number of rotatable bonds is 5. The van der Waals surface area contributed by atoms with E-state index in [0.29, 0.717) is 12.1 Å². The van der Waals surface area contributed by atoms with E-state index in [2.05, 4.69) is 27.3 Å². The maximum absolute atomic E-state index is 5.88. The summed E-state index contributed by atoms with van der Waals surface area (Å²) in [5, 5.41) is 3.54. The van der Waals surface area contributed by atoms with Crippen LogP contribution in [0.1, 0.15) is 43.4 Å². The minimum absolute atomic E-state index is 0.473. The van der Waals surface area contributed by atoms with Gasteiger partial charge in [0, 0.05) is 37.9 Å². The van der Waals surface area contributed by atoms with Crippen LogP contribution in [0.3, 0.4) is 0 Å². The van der Waals surface area contributed by atoms with Crippen LogP contribution >= 0.6 is 0 Å². The third-order valence-corrected chi connectivity index (χ3v) is 5.02. The van der Waals surface area contributed by atoms with Crippen molar-refractivity contribution in [3.63, 3.8) is 0 Å². The van der Waals surface area contributed by atoms with Crippen LogP contribution in [0.2, 0.25) is 0 Å². The third-order valence-electron chi connectivity index (χ3n) is 5.02. The Kier molecular flexibility index (Phi) is 3.93. The molecule has 1 aliphatic heterocycles. The molecule has 1 aromatic rings. The number of morpholine rings is 1. The molecule has 0 aromatic carbocycles. The summed E-state index contributed by atoms with van der Waals surface area (Å²) in [6.07, 6.45) is 9.02. The standard InChI is InChI=1S/C17H25N3O/c1-2-16-17(3-1)21-9-8-20(16)12-15-5-4-13(11-19-15)10-18-14-6-7-14/h4-5,11,14,16-18H,1-3,6-10,12H2. The van der Waals surface area contributed by atoms with E-state index in [9.17, 15) is 0 Å². The highest BCUT2D eigenvalue weighted by Gasteiger charge is 2.35. The minimum atomic E-state index is 0.473. The summed E-state index contributed by atoms with van der Waals surface area (Å²) in [7, 11) is 0. The zero-order chi connectivity index (χ0) is 14.1. The molecule has 0 amide bonds. The molecular weight excluding hydrogens is 262 g/mol. The molecule has 2 aliphatic carbocycles. The first-order chi connectivity index (χ1) is 10.4. The van der Waals surface area contributed by atoms with Crippen molar-refractivity contribution in [2.24, 2.45) is 0 Å². The summed E-state index contributed by atoms with van der Waals surface area (Å²) in [4.78, 5) is 7.24. The molecule has 0 spiro atoms. The lowest BCUT2D eigenvalue weighted by molar-refractivity contribution is -0.0592. The first-order valence-corrected chi connectivity index (χ1v) is 8.41. The van der Waals surface area contributed by atoms with E-state index < -0.39 is 0 Å². The molecule has 2 atom stereocenters. The van der Waals surface area contributed by atoms with Crippen LogP contribution in [-0.2, 0) is 17.8 Å². The van der Waals surface area contributed by atoms with Crippen LogP contribution < -0.4 is 5.32 Å². The summed E-state index contributed by atoms with van der Waals surface area (Å²) in [5.41, 5.74) is 2.49. The highest BCUT2D eigenvalue weighted by molar-refractivity contribution is 5.14. The van der Waals surface area contributed by atoms with Gasteiger partial charge in [-0.15, -0.1) is 0 Å². The van der Waals surface area contributed by atoms with Crippen LogP contribution in [0.5, 0.6) is 0 Å². The van der Waals surface area contributed by atoms with Crippen LogP contribution in [0, 0.1) is 0 Å². The fraction of sp³-hybridized carbons (Fsp3) is 0.706. The lowest BCUT2D eigenvalue weighted by Gasteiger charge is -2.37. The van der Waals surface area contributed by atoms with Crippen molar-refractivity contribution in [2.45, 2.75) is 63.4 Å². The fourth-order valence-electron chi connectivity index (χ4n) is 3.61. The predicted molar refractivity (Wildman–Crippen MR) is 81.9 cm³/mol. The van der Waals surface area contributed by atoms with E-state index in [4.69, 9.17) is 4.74 Å². The van der Waals surface area contributed by atoms with Crippen molar-refractivity contribution in [3.8, 4) is 0 Å². The van der Waals surface area contributed by atoms with Gasteiger partial charge in [-0.3, -0.25) is 9.88 Å². The van der Waals surface area contributed by atoms with Gasteiger partial charge in [-0.2, -0.15) is 0 Å². The molecular formula is C17H25N3O. The molecule has 1 N–H and O–H groups in total. The molecule has 4 rings (SSSR count). The molecule has 0 bridgehead atoms. The van der Waals surface area contributed by atoms with Crippen molar-refractivity contribution in [1.29, 1.82) is 0 Å². The molecule has 1 aromatic heterocycles. The van der Waals surface area contributed by atoms with Gasteiger partial charge in [-0.25, -0.2) is 0 Å². The average molecular weight is 287 g/mol. The van der Waals surface area contributed by atoms with Crippen molar-refractivity contribution >= 4 is 0 Å². The number of nitrogens with one attached hydrogen (secondary N) is 1. The molecule has 4 nitrogen and oxygen atoms in total. The van der Waals surface area contributed by atoms with Crippen LogP contribution in [0.4, 0.5) is 0 Å². The normalized spacial score (nSPS) is 29.5. The summed E-state index contributed by atoms with van der Waals surface area (Å²) in [6, 6.07) is 5.81. The first-order valence-electron chi connectivity index (χ1n) is 8.41. The Morgan fingerprint density at radius 3 is 3.00 bits per heavy atom. The first kappa shape index (κ1) is 13.7. The van der Waals surface area contributed by atoms with Crippen LogP contribution in [-0.4, -0.2) is 41.2 Å². The van der Waals surface area contributed by atoms with Gasteiger partial charge in [-0.1, -0.05) is 6.07 Å². The summed E-state index contributed by atoms with van der Waals surface area (Å²) >= 11 is 0. The topological polar surface area (TPSA) is 37.4 Å². The van der Waals surface area contributed by atoms with Gasteiger partial charge in [0.25, 0.3) is 0 Å². The average Bonchev–Trinajstić information content (AvgIpc) is 3.22. The molecule has 1 saturated heterocycles. The zero-order valence-electron chi connectivity index (χ0n) is 12.6. The lowest BCUT2D eigenvalue weighted by atomic mass is 10.1. The minimum Gasteiger partial charge on any atom is -0.375 e. The molecule has 2 heterocycles. The van der Waals surface area contributed by atoms with E-state index in [-0.39, 0.29) is 0 Å². The van der Waals surface area contributed by atoms with Crippen molar-refractivity contribution in [3.05, 3.63) is 29.6 Å². The molecule has 3 aliphatic rings. The quantitative estimate of drug-likeness (QED) is 0.900. The Bertz CT molecular complexity index is 471. The van der Waals surface area contributed by atoms with E-state index in [1.165, 1.54) is 43.4 Å². The van der Waals surface area contributed by atoms with E-state index >= 15 is 0 Å². The van der Waals surface area contributed by atoms with Crippen molar-refractivity contribution in [1.82, 2.24) is 15.2 Å². The van der Waals surface area contributed by atoms with Gasteiger partial charge in [0.1, 0.15) is 0 Å². The molecule has 4 heteroatoms. The second-order valence-corrected chi connectivity index (χ2v) is 6.69. The van der Waals surface area contributed by atoms with Gasteiger partial charge in [0.2, 0.25) is 0 Å². The largest absolute Gasteiger partial charge is 0.375 e. The van der Waals surface area contributed by atoms with Crippen LogP contribution in [0.25, 0.3) is 0 Å². The van der Waals surface area contributed by atoms with Gasteiger partial charge >= 0.3 is 0 Å². The predicted octanol–water partition coefficient (Wildman–Crippen LogP) is 2.09. The number of nitrogens with zero attached hydrogens (tertiary/aromatic N) is 2. The Morgan fingerprint density at radius 2 is 2.19 bits per heavy atom. The lowest BCUT2D eigenvalue weighted by Crippen LogP contribution is -2.47. The molecule has 2 saturated carbocycles. The smallest absolute Gasteiger partial charge is 0.0731 e. The van der Waals surface area contributed by atoms with Crippen molar-refractivity contribution < 1.29 is 4.74 Å². The highest BCUT2D eigenvalue weighted by Crippen LogP contribution is 2.30. The van der Waals surface area contributed by atoms with Gasteiger partial charge in [0.15, 0.2) is 0 Å². The Hall–Kier alpha value is -0.970. The molecule has 21 heavy (non-hydrogen) atoms. The van der Waals surface area contributed by atoms with Crippen LogP contribution in [0.15, 0.2) is 18.3 Å².